The number of hydrogen-bond acceptors (Lipinski definition) is 3. The van der Waals surface area contributed by atoms with Gasteiger partial charge in [0, 0.05) is 11.6 Å². The molecule has 2 saturated carbocycles. The highest BCUT2D eigenvalue weighted by molar-refractivity contribution is 5.94. The molecule has 3 rings (SSSR count). The second-order valence-corrected chi connectivity index (χ2v) is 6.26. The maximum absolute atomic E-state index is 12.2. The van der Waals surface area contributed by atoms with Crippen molar-refractivity contribution in [2.75, 3.05) is 6.61 Å². The van der Waals surface area contributed by atoms with Gasteiger partial charge in [-0.25, -0.2) is 0 Å². The second kappa shape index (κ2) is 6.48. The van der Waals surface area contributed by atoms with Crippen LogP contribution in [-0.4, -0.2) is 29.8 Å². The Kier molecular flexibility index (Phi) is 4.44. The molecule has 0 heterocycles. The molecule has 0 atom stereocenters. The lowest BCUT2D eigenvalue weighted by molar-refractivity contribution is 0.0867. The van der Waals surface area contributed by atoms with Crippen LogP contribution in [0.3, 0.4) is 0 Å². The van der Waals surface area contributed by atoms with E-state index in [1.807, 2.05) is 24.3 Å². The van der Waals surface area contributed by atoms with Gasteiger partial charge in [-0.2, -0.15) is 0 Å². The molecule has 2 aliphatic rings. The predicted octanol–water partition coefficient (Wildman–Crippen LogP) is 2.51. The van der Waals surface area contributed by atoms with Crippen LogP contribution in [0.5, 0.6) is 5.75 Å². The van der Waals surface area contributed by atoms with Crippen LogP contribution in [-0.2, 0) is 0 Å². The normalized spacial score (nSPS) is 25.4. The smallest absolute Gasteiger partial charge is 0.251 e. The highest BCUT2D eigenvalue weighted by Crippen LogP contribution is 2.29. The third-order valence-corrected chi connectivity index (χ3v) is 4.33. The Balaban J connectivity index is 1.49. The number of nitrogens with one attached hydrogen (secondary N) is 1. The fraction of sp³-hybridized carbons (Fsp3) is 0.588. The van der Waals surface area contributed by atoms with Gasteiger partial charge in [0.1, 0.15) is 5.75 Å². The summed E-state index contributed by atoms with van der Waals surface area (Å²) in [6.07, 6.45) is 5.62. The van der Waals surface area contributed by atoms with E-state index in [9.17, 15) is 9.90 Å². The molecule has 0 saturated heterocycles. The van der Waals surface area contributed by atoms with Crippen LogP contribution < -0.4 is 10.1 Å². The molecule has 0 unspecified atom stereocenters. The van der Waals surface area contributed by atoms with Gasteiger partial charge in [-0.3, -0.25) is 4.79 Å². The Morgan fingerprint density at radius 3 is 2.38 bits per heavy atom. The topological polar surface area (TPSA) is 58.6 Å². The summed E-state index contributed by atoms with van der Waals surface area (Å²) in [6, 6.07) is 7.54. The van der Waals surface area contributed by atoms with Crippen molar-refractivity contribution in [3.05, 3.63) is 29.8 Å². The molecule has 114 valence electrons. The maximum atomic E-state index is 12.2. The van der Waals surface area contributed by atoms with Crippen molar-refractivity contribution >= 4 is 5.91 Å². The lowest BCUT2D eigenvalue weighted by Gasteiger charge is -2.26. The zero-order valence-corrected chi connectivity index (χ0v) is 12.3. The Morgan fingerprint density at radius 1 is 1.10 bits per heavy atom. The highest BCUT2D eigenvalue weighted by Gasteiger charge is 2.22. The van der Waals surface area contributed by atoms with Crippen LogP contribution in [0.4, 0.5) is 0 Å². The Labute approximate surface area is 125 Å². The van der Waals surface area contributed by atoms with E-state index in [0.29, 0.717) is 5.56 Å². The number of carbonyl (C=O) groups excluding carboxylic acids is 1. The van der Waals surface area contributed by atoms with E-state index in [1.165, 1.54) is 12.8 Å². The number of hydrogen-bond donors (Lipinski definition) is 2. The van der Waals surface area contributed by atoms with Crippen molar-refractivity contribution in [2.45, 2.75) is 50.7 Å². The first-order chi connectivity index (χ1) is 10.2. The molecule has 1 aromatic rings. The van der Waals surface area contributed by atoms with Crippen LogP contribution in [0, 0.1) is 5.92 Å². The minimum absolute atomic E-state index is 0.0369. The molecule has 0 aromatic heterocycles. The van der Waals surface area contributed by atoms with Crippen molar-refractivity contribution in [1.29, 1.82) is 0 Å². The van der Waals surface area contributed by atoms with Gasteiger partial charge in [-0.1, -0.05) is 0 Å². The van der Waals surface area contributed by atoms with Crippen LogP contribution in [0.25, 0.3) is 0 Å². The number of rotatable bonds is 5. The molecule has 0 bridgehead atoms. The van der Waals surface area contributed by atoms with E-state index >= 15 is 0 Å². The quantitative estimate of drug-likeness (QED) is 0.875. The Bertz CT molecular complexity index is 473. The Hall–Kier alpha value is -1.55. The maximum Gasteiger partial charge on any atom is 0.251 e. The van der Waals surface area contributed by atoms with Crippen molar-refractivity contribution < 1.29 is 14.6 Å². The number of aliphatic hydroxyl groups excluding tert-OH is 1. The van der Waals surface area contributed by atoms with Crippen LogP contribution in [0.2, 0.25) is 0 Å². The number of ether oxygens (including phenoxy) is 1. The van der Waals surface area contributed by atoms with Crippen molar-refractivity contribution in [3.63, 3.8) is 0 Å². The molecule has 21 heavy (non-hydrogen) atoms. The fourth-order valence-corrected chi connectivity index (χ4v) is 2.69. The molecular weight excluding hydrogens is 266 g/mol. The van der Waals surface area contributed by atoms with Gasteiger partial charge in [0.05, 0.1) is 12.7 Å². The molecule has 4 nitrogen and oxygen atoms in total. The van der Waals surface area contributed by atoms with Gasteiger partial charge in [0.15, 0.2) is 0 Å². The number of amides is 1. The van der Waals surface area contributed by atoms with Crippen LogP contribution >= 0.6 is 0 Å². The lowest BCUT2D eigenvalue weighted by Crippen LogP contribution is -2.38. The molecule has 1 aromatic carbocycles. The molecule has 1 amide bonds. The molecule has 0 aliphatic heterocycles. The summed E-state index contributed by atoms with van der Waals surface area (Å²) in [5, 5.41) is 12.5. The van der Waals surface area contributed by atoms with E-state index < -0.39 is 0 Å². The van der Waals surface area contributed by atoms with E-state index in [0.717, 1.165) is 44.0 Å². The van der Waals surface area contributed by atoms with Crippen molar-refractivity contribution in [2.24, 2.45) is 5.92 Å². The lowest BCUT2D eigenvalue weighted by atomic mass is 9.93. The summed E-state index contributed by atoms with van der Waals surface area (Å²) in [5.74, 6) is 1.53. The minimum Gasteiger partial charge on any atom is -0.493 e. The summed E-state index contributed by atoms with van der Waals surface area (Å²) in [5.41, 5.74) is 0.667. The third kappa shape index (κ3) is 4.21. The van der Waals surface area contributed by atoms with Crippen LogP contribution in [0.15, 0.2) is 24.3 Å². The largest absolute Gasteiger partial charge is 0.493 e. The monoisotopic (exact) mass is 289 g/mol. The number of aliphatic hydroxyl groups is 1. The van der Waals surface area contributed by atoms with Gasteiger partial charge < -0.3 is 15.2 Å². The average Bonchev–Trinajstić information content (AvgIpc) is 3.32. The number of carbonyl (C=O) groups is 1. The summed E-state index contributed by atoms with van der Waals surface area (Å²) in [7, 11) is 0. The van der Waals surface area contributed by atoms with E-state index in [2.05, 4.69) is 5.32 Å². The molecule has 2 fully saturated rings. The van der Waals surface area contributed by atoms with E-state index in [-0.39, 0.29) is 18.1 Å². The van der Waals surface area contributed by atoms with Gasteiger partial charge in [-0.15, -0.1) is 0 Å². The number of benzene rings is 1. The zero-order valence-electron chi connectivity index (χ0n) is 12.3. The average molecular weight is 289 g/mol. The third-order valence-electron chi connectivity index (χ3n) is 4.33. The fourth-order valence-electron chi connectivity index (χ4n) is 2.69. The first-order valence-electron chi connectivity index (χ1n) is 7.92. The zero-order chi connectivity index (χ0) is 14.7. The first-order valence-corrected chi connectivity index (χ1v) is 7.92. The molecule has 2 N–H and O–H groups in total. The summed E-state index contributed by atoms with van der Waals surface area (Å²) in [4.78, 5) is 12.2. The second-order valence-electron chi connectivity index (χ2n) is 6.26. The molecule has 0 radical (unpaired) electrons. The summed E-state index contributed by atoms with van der Waals surface area (Å²) < 4.78 is 5.67. The van der Waals surface area contributed by atoms with Crippen molar-refractivity contribution in [1.82, 2.24) is 5.32 Å². The van der Waals surface area contributed by atoms with Gasteiger partial charge in [0.25, 0.3) is 5.91 Å². The van der Waals surface area contributed by atoms with Gasteiger partial charge in [-0.05, 0) is 68.7 Å². The molecule has 0 spiro atoms. The predicted molar refractivity (Wildman–Crippen MR) is 80.4 cm³/mol. The Morgan fingerprint density at radius 2 is 1.76 bits per heavy atom. The summed E-state index contributed by atoms with van der Waals surface area (Å²) in [6.45, 7) is 0.788. The standard InChI is InChI=1S/C17H23NO3/c19-15-7-5-14(6-8-15)18-17(20)13-3-9-16(10-4-13)21-11-12-1-2-12/h3-4,9-10,12,14-15,19H,1-2,5-8,11H2,(H,18,20). The molecule has 4 heteroatoms. The van der Waals surface area contributed by atoms with Gasteiger partial charge >= 0.3 is 0 Å². The highest BCUT2D eigenvalue weighted by atomic mass is 16.5. The van der Waals surface area contributed by atoms with E-state index in [1.54, 1.807) is 0 Å². The molecular formula is C17H23NO3. The van der Waals surface area contributed by atoms with Crippen molar-refractivity contribution in [3.8, 4) is 5.75 Å². The minimum atomic E-state index is -0.193. The van der Waals surface area contributed by atoms with Gasteiger partial charge in [0.2, 0.25) is 0 Å². The van der Waals surface area contributed by atoms with E-state index in [4.69, 9.17) is 4.74 Å². The van der Waals surface area contributed by atoms with Crippen LogP contribution in [0.1, 0.15) is 48.9 Å². The summed E-state index contributed by atoms with van der Waals surface area (Å²) >= 11 is 0. The molecule has 2 aliphatic carbocycles. The first kappa shape index (κ1) is 14.4. The SMILES string of the molecule is O=C(NC1CCC(O)CC1)c1ccc(OCC2CC2)cc1.